The third-order valence-corrected chi connectivity index (χ3v) is 4.45. The lowest BCUT2D eigenvalue weighted by Gasteiger charge is -2.32. The number of aliphatic hydroxyl groups excluding tert-OH is 1. The van der Waals surface area contributed by atoms with Crippen molar-refractivity contribution in [1.29, 1.82) is 0 Å². The fraction of sp³-hybridized carbons (Fsp3) is 0.350. The van der Waals surface area contributed by atoms with E-state index in [-0.39, 0.29) is 18.6 Å². The highest BCUT2D eigenvalue weighted by Gasteiger charge is 2.19. The predicted octanol–water partition coefficient (Wildman–Crippen LogP) is 3.01. The number of piperidine rings is 1. The quantitative estimate of drug-likeness (QED) is 0.783. The number of hydrogen-bond acceptors (Lipinski definition) is 4. The summed E-state index contributed by atoms with van der Waals surface area (Å²) in [6.45, 7) is 3.87. The maximum absolute atomic E-state index is 12.2. The topological polar surface area (TPSA) is 64.6 Å². The highest BCUT2D eigenvalue weighted by molar-refractivity contribution is 5.94. The van der Waals surface area contributed by atoms with Gasteiger partial charge >= 0.3 is 0 Å². The normalized spacial score (nSPS) is 15.0. The zero-order chi connectivity index (χ0) is 17.6. The van der Waals surface area contributed by atoms with E-state index in [0.717, 1.165) is 48.6 Å². The first kappa shape index (κ1) is 17.3. The first-order valence-electron chi connectivity index (χ1n) is 8.74. The third kappa shape index (κ3) is 4.73. The number of para-hydroxylation sites is 2. The molecule has 1 aliphatic rings. The van der Waals surface area contributed by atoms with Crippen LogP contribution < -0.4 is 15.5 Å². The number of aryl methyl sites for hydroxylation is 1. The lowest BCUT2D eigenvalue weighted by Crippen LogP contribution is -2.36. The van der Waals surface area contributed by atoms with Gasteiger partial charge in [-0.3, -0.25) is 4.79 Å². The van der Waals surface area contributed by atoms with Gasteiger partial charge in [-0.05, 0) is 49.6 Å². The maximum Gasteiger partial charge on any atom is 0.243 e. The van der Waals surface area contributed by atoms with Crippen molar-refractivity contribution in [3.05, 3.63) is 54.1 Å². The number of benzene rings is 2. The molecule has 0 unspecified atom stereocenters. The summed E-state index contributed by atoms with van der Waals surface area (Å²) < 4.78 is 0. The van der Waals surface area contributed by atoms with Gasteiger partial charge in [-0.15, -0.1) is 0 Å². The molecule has 3 N–H and O–H groups in total. The minimum atomic E-state index is -0.198. The Balaban J connectivity index is 1.60. The van der Waals surface area contributed by atoms with E-state index in [4.69, 9.17) is 0 Å². The summed E-state index contributed by atoms with van der Waals surface area (Å²) in [6.07, 6.45) is 1.36. The minimum absolute atomic E-state index is 0.0746. The van der Waals surface area contributed by atoms with Crippen molar-refractivity contribution in [1.82, 2.24) is 0 Å². The highest BCUT2D eigenvalue weighted by atomic mass is 16.3. The van der Waals surface area contributed by atoms with E-state index in [2.05, 4.69) is 21.6 Å². The lowest BCUT2D eigenvalue weighted by atomic mass is 10.1. The highest BCUT2D eigenvalue weighted by Crippen LogP contribution is 2.28. The van der Waals surface area contributed by atoms with Crippen molar-refractivity contribution in [3.63, 3.8) is 0 Å². The predicted molar refractivity (Wildman–Crippen MR) is 102 cm³/mol. The SMILES string of the molecule is Cc1cccc(NC(=O)CNc2ccccc2N2CCC(O)CC2)c1. The van der Waals surface area contributed by atoms with Gasteiger partial charge in [0.1, 0.15) is 0 Å². The van der Waals surface area contributed by atoms with Crippen molar-refractivity contribution in [2.45, 2.75) is 25.9 Å². The molecule has 0 aliphatic carbocycles. The molecule has 0 radical (unpaired) electrons. The summed E-state index contributed by atoms with van der Waals surface area (Å²) in [6, 6.07) is 15.8. The van der Waals surface area contributed by atoms with Gasteiger partial charge in [0.2, 0.25) is 5.91 Å². The first-order valence-corrected chi connectivity index (χ1v) is 8.74. The van der Waals surface area contributed by atoms with E-state index in [0.29, 0.717) is 0 Å². The van der Waals surface area contributed by atoms with Crippen LogP contribution >= 0.6 is 0 Å². The van der Waals surface area contributed by atoms with Gasteiger partial charge in [-0.25, -0.2) is 0 Å². The van der Waals surface area contributed by atoms with Gasteiger partial charge in [-0.1, -0.05) is 24.3 Å². The number of hydrogen-bond donors (Lipinski definition) is 3. The summed E-state index contributed by atoms with van der Waals surface area (Å²) in [4.78, 5) is 14.5. The molecule has 1 fully saturated rings. The average Bonchev–Trinajstić information content (AvgIpc) is 2.61. The van der Waals surface area contributed by atoms with E-state index < -0.39 is 0 Å². The van der Waals surface area contributed by atoms with Gasteiger partial charge in [0.25, 0.3) is 0 Å². The standard InChI is InChI=1S/C20H25N3O2/c1-15-5-4-6-16(13-15)22-20(25)14-21-18-7-2-3-8-19(18)23-11-9-17(24)10-12-23/h2-8,13,17,21,24H,9-12,14H2,1H3,(H,22,25). The molecule has 5 heteroatoms. The van der Waals surface area contributed by atoms with Crippen molar-refractivity contribution in [2.24, 2.45) is 0 Å². The summed E-state index contributed by atoms with van der Waals surface area (Å²) in [5.41, 5.74) is 3.95. The van der Waals surface area contributed by atoms with E-state index in [1.807, 2.05) is 49.4 Å². The molecule has 132 valence electrons. The molecule has 5 nitrogen and oxygen atoms in total. The van der Waals surface area contributed by atoms with Gasteiger partial charge in [0.05, 0.1) is 24.0 Å². The van der Waals surface area contributed by atoms with Crippen LogP contribution in [0.4, 0.5) is 17.1 Å². The van der Waals surface area contributed by atoms with Gasteiger partial charge in [0, 0.05) is 18.8 Å². The Hall–Kier alpha value is -2.53. The molecule has 0 atom stereocenters. The Morgan fingerprint density at radius 1 is 1.16 bits per heavy atom. The van der Waals surface area contributed by atoms with Crippen LogP contribution in [0.25, 0.3) is 0 Å². The Morgan fingerprint density at radius 3 is 2.68 bits per heavy atom. The molecule has 1 aliphatic heterocycles. The molecule has 1 amide bonds. The number of carbonyl (C=O) groups is 1. The van der Waals surface area contributed by atoms with Crippen LogP contribution in [0, 0.1) is 6.92 Å². The summed E-state index contributed by atoms with van der Waals surface area (Å²) in [7, 11) is 0. The second-order valence-electron chi connectivity index (χ2n) is 6.51. The van der Waals surface area contributed by atoms with Crippen LogP contribution in [0.5, 0.6) is 0 Å². The van der Waals surface area contributed by atoms with Gasteiger partial charge in [0.15, 0.2) is 0 Å². The summed E-state index contributed by atoms with van der Waals surface area (Å²) >= 11 is 0. The zero-order valence-electron chi connectivity index (χ0n) is 14.5. The molecular formula is C20H25N3O2. The van der Waals surface area contributed by atoms with Gasteiger partial charge < -0.3 is 20.6 Å². The summed E-state index contributed by atoms with van der Waals surface area (Å²) in [5, 5.41) is 15.8. The number of nitrogens with one attached hydrogen (secondary N) is 2. The van der Waals surface area contributed by atoms with Crippen LogP contribution in [0.1, 0.15) is 18.4 Å². The van der Waals surface area contributed by atoms with Crippen molar-refractivity contribution < 1.29 is 9.90 Å². The molecule has 2 aromatic rings. The molecular weight excluding hydrogens is 314 g/mol. The third-order valence-electron chi connectivity index (χ3n) is 4.45. The largest absolute Gasteiger partial charge is 0.393 e. The number of amides is 1. The van der Waals surface area contributed by atoms with Crippen molar-refractivity contribution in [2.75, 3.05) is 35.2 Å². The molecule has 0 spiro atoms. The monoisotopic (exact) mass is 339 g/mol. The maximum atomic E-state index is 12.2. The Labute approximate surface area is 148 Å². The molecule has 25 heavy (non-hydrogen) atoms. The van der Waals surface area contributed by atoms with E-state index in [1.165, 1.54) is 0 Å². The second kappa shape index (κ2) is 8.03. The van der Waals surface area contributed by atoms with Crippen LogP contribution in [0.15, 0.2) is 48.5 Å². The first-order chi connectivity index (χ1) is 12.1. The molecule has 0 bridgehead atoms. The number of aliphatic hydroxyl groups is 1. The van der Waals surface area contributed by atoms with E-state index >= 15 is 0 Å². The van der Waals surface area contributed by atoms with Gasteiger partial charge in [-0.2, -0.15) is 0 Å². The Kier molecular flexibility index (Phi) is 5.56. The lowest BCUT2D eigenvalue weighted by molar-refractivity contribution is -0.114. The van der Waals surface area contributed by atoms with E-state index in [9.17, 15) is 9.90 Å². The number of nitrogens with zero attached hydrogens (tertiary/aromatic N) is 1. The fourth-order valence-electron chi connectivity index (χ4n) is 3.11. The Morgan fingerprint density at radius 2 is 1.92 bits per heavy atom. The smallest absolute Gasteiger partial charge is 0.243 e. The van der Waals surface area contributed by atoms with Crippen LogP contribution in [-0.4, -0.2) is 36.8 Å². The summed E-state index contributed by atoms with van der Waals surface area (Å²) in [5.74, 6) is -0.0746. The number of rotatable bonds is 5. The van der Waals surface area contributed by atoms with E-state index in [1.54, 1.807) is 0 Å². The molecule has 1 saturated heterocycles. The molecule has 2 aromatic carbocycles. The van der Waals surface area contributed by atoms with Crippen molar-refractivity contribution in [3.8, 4) is 0 Å². The molecule has 0 aromatic heterocycles. The average molecular weight is 339 g/mol. The zero-order valence-corrected chi connectivity index (χ0v) is 14.5. The van der Waals surface area contributed by atoms with Crippen molar-refractivity contribution >= 4 is 23.0 Å². The molecule has 3 rings (SSSR count). The minimum Gasteiger partial charge on any atom is -0.393 e. The van der Waals surface area contributed by atoms with Crippen LogP contribution in [0.3, 0.4) is 0 Å². The number of carbonyl (C=O) groups excluding carboxylic acids is 1. The second-order valence-corrected chi connectivity index (χ2v) is 6.51. The molecule has 1 heterocycles. The molecule has 0 saturated carbocycles. The van der Waals surface area contributed by atoms with Crippen LogP contribution in [-0.2, 0) is 4.79 Å². The van der Waals surface area contributed by atoms with Crippen LogP contribution in [0.2, 0.25) is 0 Å². The fourth-order valence-corrected chi connectivity index (χ4v) is 3.11. The number of anilines is 3. The Bertz CT molecular complexity index is 724.